The second-order valence-electron chi connectivity index (χ2n) is 6.74. The first kappa shape index (κ1) is 16.4. The second-order valence-corrected chi connectivity index (χ2v) is 7.60. The molecule has 0 unspecified atom stereocenters. The average Bonchev–Trinajstić information content (AvgIpc) is 3.26. The molecule has 0 saturated heterocycles. The van der Waals surface area contributed by atoms with E-state index in [4.69, 9.17) is 4.74 Å². The van der Waals surface area contributed by atoms with Crippen LogP contribution in [0.2, 0.25) is 0 Å². The van der Waals surface area contributed by atoms with E-state index in [1.165, 1.54) is 7.11 Å². The van der Waals surface area contributed by atoms with Crippen molar-refractivity contribution in [3.8, 4) is 0 Å². The number of hydrogen-bond donors (Lipinski definition) is 1. The normalized spacial score (nSPS) is 26.2. The van der Waals surface area contributed by atoms with Crippen LogP contribution in [-0.2, 0) is 19.9 Å². The Hall–Kier alpha value is -1.43. The third kappa shape index (κ3) is 3.13. The van der Waals surface area contributed by atoms with E-state index >= 15 is 0 Å². The Bertz CT molecular complexity index is 592. The van der Waals surface area contributed by atoms with Crippen LogP contribution in [0.1, 0.15) is 55.6 Å². The van der Waals surface area contributed by atoms with Crippen LogP contribution in [0.3, 0.4) is 0 Å². The number of esters is 1. The zero-order chi connectivity index (χ0) is 16.4. The zero-order valence-corrected chi connectivity index (χ0v) is 14.6. The summed E-state index contributed by atoms with van der Waals surface area (Å²) in [6, 6.07) is 0. The molecule has 1 aromatic heterocycles. The molecule has 1 heterocycles. The fourth-order valence-electron chi connectivity index (χ4n) is 3.98. The first-order chi connectivity index (χ1) is 11.1. The van der Waals surface area contributed by atoms with Crippen LogP contribution in [-0.4, -0.2) is 24.0 Å². The lowest BCUT2D eigenvalue weighted by Crippen LogP contribution is -2.47. The van der Waals surface area contributed by atoms with Gasteiger partial charge in [0.2, 0.25) is 5.91 Å². The molecular formula is C17H24N2O3S. The summed E-state index contributed by atoms with van der Waals surface area (Å²) in [7, 11) is 1.40. The standard InChI is InChI=1S/C17H24N2O3S/c1-11-10-23-16(18-11)17(8-3-4-9-17)19-14(20)12-6-5-7-13(12)15(21)22-2/h10,12-13H,3-9H2,1-2H3,(H,19,20)/t12-,13-/m1/s1. The predicted octanol–water partition coefficient (Wildman–Crippen LogP) is 2.93. The highest BCUT2D eigenvalue weighted by atomic mass is 32.1. The van der Waals surface area contributed by atoms with E-state index in [2.05, 4.69) is 10.3 Å². The molecule has 2 fully saturated rings. The van der Waals surface area contributed by atoms with Crippen molar-refractivity contribution < 1.29 is 14.3 Å². The Kier molecular flexibility index (Phi) is 4.71. The summed E-state index contributed by atoms with van der Waals surface area (Å²) in [6.45, 7) is 1.98. The van der Waals surface area contributed by atoms with Gasteiger partial charge in [-0.05, 0) is 32.6 Å². The molecule has 126 valence electrons. The molecule has 1 N–H and O–H groups in total. The Morgan fingerprint density at radius 1 is 1.26 bits per heavy atom. The number of nitrogens with one attached hydrogen (secondary N) is 1. The molecule has 5 nitrogen and oxygen atoms in total. The number of aromatic nitrogens is 1. The zero-order valence-electron chi connectivity index (χ0n) is 13.8. The average molecular weight is 336 g/mol. The third-order valence-electron chi connectivity index (χ3n) is 5.20. The Labute approximate surface area is 140 Å². The summed E-state index contributed by atoms with van der Waals surface area (Å²) in [5, 5.41) is 6.32. The van der Waals surface area contributed by atoms with Crippen LogP contribution < -0.4 is 5.32 Å². The lowest BCUT2D eigenvalue weighted by atomic mass is 9.92. The molecule has 1 aromatic rings. The Balaban J connectivity index is 1.78. The van der Waals surface area contributed by atoms with E-state index in [0.29, 0.717) is 0 Å². The van der Waals surface area contributed by atoms with Gasteiger partial charge in [-0.2, -0.15) is 0 Å². The highest BCUT2D eigenvalue weighted by Crippen LogP contribution is 2.41. The first-order valence-corrected chi connectivity index (χ1v) is 9.26. The first-order valence-electron chi connectivity index (χ1n) is 8.38. The molecule has 2 aliphatic carbocycles. The van der Waals surface area contributed by atoms with Crippen molar-refractivity contribution in [1.29, 1.82) is 0 Å². The van der Waals surface area contributed by atoms with E-state index < -0.39 is 0 Å². The van der Waals surface area contributed by atoms with E-state index in [1.807, 2.05) is 12.3 Å². The minimum Gasteiger partial charge on any atom is -0.469 e. The molecule has 2 saturated carbocycles. The predicted molar refractivity (Wildman–Crippen MR) is 88.0 cm³/mol. The lowest BCUT2D eigenvalue weighted by Gasteiger charge is -2.30. The number of nitrogens with zero attached hydrogens (tertiary/aromatic N) is 1. The number of aryl methyl sites for hydroxylation is 1. The van der Waals surface area contributed by atoms with Crippen molar-refractivity contribution in [3.05, 3.63) is 16.1 Å². The molecule has 0 aromatic carbocycles. The van der Waals surface area contributed by atoms with Crippen LogP contribution >= 0.6 is 11.3 Å². The van der Waals surface area contributed by atoms with Crippen molar-refractivity contribution in [3.63, 3.8) is 0 Å². The number of carbonyl (C=O) groups is 2. The van der Waals surface area contributed by atoms with E-state index in [1.54, 1.807) is 11.3 Å². The summed E-state index contributed by atoms with van der Waals surface area (Å²) in [5.74, 6) is -0.821. The molecule has 0 spiro atoms. The van der Waals surface area contributed by atoms with Gasteiger partial charge in [-0.3, -0.25) is 9.59 Å². The van der Waals surface area contributed by atoms with Gasteiger partial charge in [0.1, 0.15) is 5.01 Å². The summed E-state index contributed by atoms with van der Waals surface area (Å²) in [4.78, 5) is 29.4. The lowest BCUT2D eigenvalue weighted by molar-refractivity contribution is -0.149. The maximum absolute atomic E-state index is 12.9. The van der Waals surface area contributed by atoms with Crippen LogP contribution in [0.4, 0.5) is 0 Å². The van der Waals surface area contributed by atoms with Gasteiger partial charge >= 0.3 is 5.97 Å². The van der Waals surface area contributed by atoms with E-state index in [9.17, 15) is 9.59 Å². The Morgan fingerprint density at radius 3 is 2.57 bits per heavy atom. The monoisotopic (exact) mass is 336 g/mol. The minimum absolute atomic E-state index is 0.00680. The fraction of sp³-hybridized carbons (Fsp3) is 0.706. The molecule has 2 atom stereocenters. The third-order valence-corrected chi connectivity index (χ3v) is 6.37. The van der Waals surface area contributed by atoms with Gasteiger partial charge in [0.25, 0.3) is 0 Å². The number of ether oxygens (including phenoxy) is 1. The highest BCUT2D eigenvalue weighted by Gasteiger charge is 2.44. The molecule has 3 rings (SSSR count). The van der Waals surface area contributed by atoms with Gasteiger partial charge < -0.3 is 10.1 Å². The number of carbonyl (C=O) groups excluding carboxylic acids is 2. The molecule has 0 bridgehead atoms. The van der Waals surface area contributed by atoms with Crippen molar-refractivity contribution in [1.82, 2.24) is 10.3 Å². The smallest absolute Gasteiger partial charge is 0.309 e. The SMILES string of the molecule is COC(=O)[C@@H]1CCC[C@H]1C(=O)NC1(c2nc(C)cs2)CCCC1. The topological polar surface area (TPSA) is 68.3 Å². The summed E-state index contributed by atoms with van der Waals surface area (Å²) >= 11 is 1.62. The second kappa shape index (κ2) is 6.59. The van der Waals surface area contributed by atoms with Crippen LogP contribution in [0.5, 0.6) is 0 Å². The van der Waals surface area contributed by atoms with Crippen molar-refractivity contribution in [2.24, 2.45) is 11.8 Å². The molecule has 6 heteroatoms. The highest BCUT2D eigenvalue weighted by molar-refractivity contribution is 7.09. The quantitative estimate of drug-likeness (QED) is 0.859. The molecular weight excluding hydrogens is 312 g/mol. The molecule has 2 aliphatic rings. The van der Waals surface area contributed by atoms with Gasteiger partial charge in [0, 0.05) is 11.1 Å². The Morgan fingerprint density at radius 2 is 1.96 bits per heavy atom. The van der Waals surface area contributed by atoms with Crippen molar-refractivity contribution >= 4 is 23.2 Å². The number of hydrogen-bond acceptors (Lipinski definition) is 5. The molecule has 1 amide bonds. The molecule has 0 radical (unpaired) electrons. The van der Waals surface area contributed by atoms with E-state index in [0.717, 1.165) is 55.6 Å². The number of rotatable bonds is 4. The van der Waals surface area contributed by atoms with Gasteiger partial charge in [0.05, 0.1) is 24.5 Å². The summed E-state index contributed by atoms with van der Waals surface area (Å²) in [5.41, 5.74) is 0.665. The van der Waals surface area contributed by atoms with Crippen LogP contribution in [0.25, 0.3) is 0 Å². The minimum atomic E-state index is -0.334. The van der Waals surface area contributed by atoms with Gasteiger partial charge in [0.15, 0.2) is 0 Å². The maximum atomic E-state index is 12.9. The number of methoxy groups -OCH3 is 1. The number of thiazole rings is 1. The van der Waals surface area contributed by atoms with Crippen molar-refractivity contribution in [2.45, 2.75) is 57.4 Å². The van der Waals surface area contributed by atoms with Crippen LogP contribution in [0.15, 0.2) is 5.38 Å². The van der Waals surface area contributed by atoms with Gasteiger partial charge in [-0.15, -0.1) is 11.3 Å². The van der Waals surface area contributed by atoms with E-state index in [-0.39, 0.29) is 29.3 Å². The largest absolute Gasteiger partial charge is 0.469 e. The van der Waals surface area contributed by atoms with Gasteiger partial charge in [-0.25, -0.2) is 4.98 Å². The summed E-state index contributed by atoms with van der Waals surface area (Å²) < 4.78 is 4.87. The fourth-order valence-corrected chi connectivity index (χ4v) is 4.99. The maximum Gasteiger partial charge on any atom is 0.309 e. The molecule has 0 aliphatic heterocycles. The van der Waals surface area contributed by atoms with Crippen molar-refractivity contribution in [2.75, 3.05) is 7.11 Å². The van der Waals surface area contributed by atoms with Crippen LogP contribution in [0, 0.1) is 18.8 Å². The summed E-state index contributed by atoms with van der Waals surface area (Å²) in [6.07, 6.45) is 6.48. The van der Waals surface area contributed by atoms with Gasteiger partial charge in [-0.1, -0.05) is 19.3 Å². The molecule has 23 heavy (non-hydrogen) atoms. The number of amides is 1.